The summed E-state index contributed by atoms with van der Waals surface area (Å²) >= 11 is 0. The fraction of sp³-hybridized carbons (Fsp3) is 0.304. The van der Waals surface area contributed by atoms with Crippen LogP contribution >= 0.6 is 0 Å². The van der Waals surface area contributed by atoms with Crippen LogP contribution in [0.15, 0.2) is 36.1 Å². The molecule has 0 saturated carbocycles. The predicted molar refractivity (Wildman–Crippen MR) is 112 cm³/mol. The lowest BCUT2D eigenvalue weighted by atomic mass is 10.1. The average molecular weight is 428 g/mol. The molecule has 164 valence electrons. The van der Waals surface area contributed by atoms with Crippen molar-refractivity contribution >= 4 is 17.8 Å². The van der Waals surface area contributed by atoms with E-state index in [2.05, 4.69) is 0 Å². The molecule has 0 bridgehead atoms. The Labute approximate surface area is 180 Å². The number of allylic oxidation sites excluding steroid dienone is 1. The summed E-state index contributed by atoms with van der Waals surface area (Å²) in [5.41, 5.74) is 0.977. The van der Waals surface area contributed by atoms with Gasteiger partial charge in [-0.25, -0.2) is 4.79 Å². The van der Waals surface area contributed by atoms with Gasteiger partial charge in [0, 0.05) is 11.6 Å². The number of Topliss-reactive ketones (excluding diaryl/α,β-unsaturated/α-hetero) is 1. The minimum atomic E-state index is -0.791. The lowest BCUT2D eigenvalue weighted by Crippen LogP contribution is -2.26. The summed E-state index contributed by atoms with van der Waals surface area (Å²) in [6.45, 7) is 3.58. The van der Waals surface area contributed by atoms with Gasteiger partial charge in [-0.1, -0.05) is 0 Å². The minimum Gasteiger partial charge on any atom is -0.493 e. The van der Waals surface area contributed by atoms with Crippen LogP contribution in [0.5, 0.6) is 28.7 Å². The molecule has 1 heterocycles. The SMILES string of the molecule is CCOC(=O)[C@@H](C)Oc1ccc2c(c1)O/C(=C\c1ccc(OC)c(OC)c1OC)C2=O. The van der Waals surface area contributed by atoms with Gasteiger partial charge in [-0.3, -0.25) is 4.79 Å². The molecule has 0 amide bonds. The number of carbonyl (C=O) groups is 2. The van der Waals surface area contributed by atoms with Crippen LogP contribution in [0.4, 0.5) is 0 Å². The predicted octanol–water partition coefficient (Wildman–Crippen LogP) is 3.66. The third kappa shape index (κ3) is 4.42. The van der Waals surface area contributed by atoms with Gasteiger partial charge in [-0.15, -0.1) is 0 Å². The topological polar surface area (TPSA) is 89.5 Å². The molecule has 8 heteroatoms. The lowest BCUT2D eigenvalue weighted by molar-refractivity contribution is -0.150. The van der Waals surface area contributed by atoms with Gasteiger partial charge in [0.25, 0.3) is 0 Å². The molecule has 3 rings (SSSR count). The molecule has 1 aliphatic heterocycles. The average Bonchev–Trinajstić information content (AvgIpc) is 3.07. The highest BCUT2D eigenvalue weighted by atomic mass is 16.6. The molecule has 0 radical (unpaired) electrons. The summed E-state index contributed by atoms with van der Waals surface area (Å²) < 4.78 is 32.4. The van der Waals surface area contributed by atoms with Crippen LogP contribution in [0.3, 0.4) is 0 Å². The molecule has 0 spiro atoms. The van der Waals surface area contributed by atoms with Crippen LogP contribution in [0, 0.1) is 0 Å². The maximum atomic E-state index is 12.8. The Morgan fingerprint density at radius 1 is 1.06 bits per heavy atom. The Morgan fingerprint density at radius 2 is 1.81 bits per heavy atom. The molecular formula is C23H24O8. The van der Waals surface area contributed by atoms with Crippen molar-refractivity contribution in [3.05, 3.63) is 47.2 Å². The van der Waals surface area contributed by atoms with E-state index < -0.39 is 12.1 Å². The van der Waals surface area contributed by atoms with Gasteiger partial charge in [-0.2, -0.15) is 0 Å². The summed E-state index contributed by atoms with van der Waals surface area (Å²) in [5, 5.41) is 0. The highest BCUT2D eigenvalue weighted by molar-refractivity contribution is 6.14. The number of fused-ring (bicyclic) bond motifs is 1. The van der Waals surface area contributed by atoms with E-state index in [1.807, 2.05) is 0 Å². The highest BCUT2D eigenvalue weighted by Crippen LogP contribution is 2.42. The van der Waals surface area contributed by atoms with Crippen molar-refractivity contribution in [3.8, 4) is 28.7 Å². The Bertz CT molecular complexity index is 1020. The number of hydrogen-bond acceptors (Lipinski definition) is 8. The molecule has 0 N–H and O–H groups in total. The van der Waals surface area contributed by atoms with Crippen molar-refractivity contribution in [2.75, 3.05) is 27.9 Å². The summed E-state index contributed by atoms with van der Waals surface area (Å²) in [7, 11) is 4.53. The smallest absolute Gasteiger partial charge is 0.347 e. The van der Waals surface area contributed by atoms with Crippen LogP contribution in [-0.2, 0) is 9.53 Å². The largest absolute Gasteiger partial charge is 0.493 e. The third-order valence-electron chi connectivity index (χ3n) is 4.59. The molecule has 1 aliphatic rings. The Morgan fingerprint density at radius 3 is 2.45 bits per heavy atom. The highest BCUT2D eigenvalue weighted by Gasteiger charge is 2.29. The van der Waals surface area contributed by atoms with Crippen LogP contribution in [0.1, 0.15) is 29.8 Å². The van der Waals surface area contributed by atoms with E-state index in [0.29, 0.717) is 39.9 Å². The van der Waals surface area contributed by atoms with Crippen molar-refractivity contribution < 1.29 is 38.0 Å². The second-order valence-corrected chi connectivity index (χ2v) is 6.53. The number of rotatable bonds is 8. The van der Waals surface area contributed by atoms with Gasteiger partial charge in [0.2, 0.25) is 11.5 Å². The molecule has 0 aliphatic carbocycles. The Balaban J connectivity index is 1.88. The first kappa shape index (κ1) is 22.0. The standard InChI is InChI=1S/C23H24O8/c1-6-29-23(25)13(2)30-15-8-9-16-18(12-15)31-19(20(16)24)11-14-7-10-17(26-3)22(28-5)21(14)27-4/h7-13H,6H2,1-5H3/b19-11-/t13-/m1/s1. The number of carbonyl (C=O) groups excluding carboxylic acids is 2. The number of ketones is 1. The molecular weight excluding hydrogens is 404 g/mol. The zero-order valence-corrected chi connectivity index (χ0v) is 18.0. The van der Waals surface area contributed by atoms with Gasteiger partial charge < -0.3 is 28.4 Å². The van der Waals surface area contributed by atoms with Gasteiger partial charge >= 0.3 is 5.97 Å². The van der Waals surface area contributed by atoms with Crippen molar-refractivity contribution in [1.29, 1.82) is 0 Å². The molecule has 0 fully saturated rings. The summed E-state index contributed by atoms with van der Waals surface area (Å²) in [6, 6.07) is 8.22. The van der Waals surface area contributed by atoms with Gasteiger partial charge in [-0.05, 0) is 44.2 Å². The number of esters is 1. The van der Waals surface area contributed by atoms with E-state index in [1.165, 1.54) is 21.3 Å². The number of ether oxygens (including phenoxy) is 6. The summed E-state index contributed by atoms with van der Waals surface area (Å²) in [4.78, 5) is 24.6. The van der Waals surface area contributed by atoms with Crippen LogP contribution in [0.25, 0.3) is 6.08 Å². The number of hydrogen-bond donors (Lipinski definition) is 0. The van der Waals surface area contributed by atoms with Crippen LogP contribution in [-0.4, -0.2) is 45.8 Å². The molecule has 31 heavy (non-hydrogen) atoms. The normalized spacial score (nSPS) is 14.5. The van der Waals surface area contributed by atoms with Crippen LogP contribution in [0.2, 0.25) is 0 Å². The first-order chi connectivity index (χ1) is 14.9. The quantitative estimate of drug-likeness (QED) is 0.465. The third-order valence-corrected chi connectivity index (χ3v) is 4.59. The summed E-state index contributed by atoms with van der Waals surface area (Å²) in [5.74, 6) is 1.41. The van der Waals surface area contributed by atoms with Crippen molar-refractivity contribution in [2.24, 2.45) is 0 Å². The van der Waals surface area contributed by atoms with E-state index in [1.54, 1.807) is 50.3 Å². The first-order valence-electron chi connectivity index (χ1n) is 9.64. The van der Waals surface area contributed by atoms with Gasteiger partial charge in [0.15, 0.2) is 23.4 Å². The van der Waals surface area contributed by atoms with E-state index in [4.69, 9.17) is 28.4 Å². The zero-order chi connectivity index (χ0) is 22.5. The number of methoxy groups -OCH3 is 3. The van der Waals surface area contributed by atoms with E-state index >= 15 is 0 Å². The molecule has 0 aromatic heterocycles. The minimum absolute atomic E-state index is 0.121. The number of benzene rings is 2. The van der Waals surface area contributed by atoms with E-state index in [-0.39, 0.29) is 18.1 Å². The van der Waals surface area contributed by atoms with Gasteiger partial charge in [0.1, 0.15) is 11.5 Å². The molecule has 1 atom stereocenters. The molecule has 2 aromatic rings. The fourth-order valence-corrected chi connectivity index (χ4v) is 3.13. The van der Waals surface area contributed by atoms with Crippen LogP contribution < -0.4 is 23.7 Å². The lowest BCUT2D eigenvalue weighted by Gasteiger charge is -2.14. The Hall–Kier alpha value is -3.68. The van der Waals surface area contributed by atoms with Crippen molar-refractivity contribution in [2.45, 2.75) is 20.0 Å². The molecule has 8 nitrogen and oxygen atoms in total. The van der Waals surface area contributed by atoms with E-state index in [0.717, 1.165) is 0 Å². The first-order valence-corrected chi connectivity index (χ1v) is 9.64. The Kier molecular flexibility index (Phi) is 6.69. The van der Waals surface area contributed by atoms with Crippen molar-refractivity contribution in [1.82, 2.24) is 0 Å². The zero-order valence-electron chi connectivity index (χ0n) is 18.0. The van der Waals surface area contributed by atoms with Gasteiger partial charge in [0.05, 0.1) is 33.5 Å². The monoisotopic (exact) mass is 428 g/mol. The second kappa shape index (κ2) is 9.42. The molecule has 0 unspecified atom stereocenters. The molecule has 0 saturated heterocycles. The fourth-order valence-electron chi connectivity index (χ4n) is 3.13. The second-order valence-electron chi connectivity index (χ2n) is 6.53. The van der Waals surface area contributed by atoms with Crippen molar-refractivity contribution in [3.63, 3.8) is 0 Å². The summed E-state index contributed by atoms with van der Waals surface area (Å²) in [6.07, 6.45) is 0.784. The maximum absolute atomic E-state index is 12.8. The maximum Gasteiger partial charge on any atom is 0.347 e. The molecule has 2 aromatic carbocycles. The van der Waals surface area contributed by atoms with E-state index in [9.17, 15) is 9.59 Å².